The number of hydrogen-bond donors (Lipinski definition) is 2. The number of nitrogens with one attached hydrogen (secondary N) is 1. The largest absolute Gasteiger partial charge is 0.496 e. The van der Waals surface area contributed by atoms with E-state index < -0.39 is 17.7 Å². The summed E-state index contributed by atoms with van der Waals surface area (Å²) in [6.45, 7) is 1.82. The van der Waals surface area contributed by atoms with Crippen molar-refractivity contribution in [3.05, 3.63) is 65.0 Å². The summed E-state index contributed by atoms with van der Waals surface area (Å²) in [4.78, 5) is 23.2. The minimum absolute atomic E-state index is 0.0484. The van der Waals surface area contributed by atoms with E-state index in [1.54, 1.807) is 37.3 Å². The number of halogens is 1. The fourth-order valence-corrected chi connectivity index (χ4v) is 2.33. The molecule has 0 fully saturated rings. The number of carbonyl (C=O) groups excluding carboxylic acids is 1. The van der Waals surface area contributed by atoms with Gasteiger partial charge >= 0.3 is 5.97 Å². The van der Waals surface area contributed by atoms with Gasteiger partial charge in [0, 0.05) is 6.54 Å². The van der Waals surface area contributed by atoms with Gasteiger partial charge in [0.2, 0.25) is 5.91 Å². The SMILES string of the molecule is COc1cc(CNC(=O)C(C)c2ccccc2F)ccc1C(=O)O. The molecule has 0 radical (unpaired) electrons. The Morgan fingerprint density at radius 1 is 1.25 bits per heavy atom. The molecule has 24 heavy (non-hydrogen) atoms. The monoisotopic (exact) mass is 331 g/mol. The van der Waals surface area contributed by atoms with Crippen LogP contribution in [0.4, 0.5) is 4.39 Å². The molecule has 2 rings (SSSR count). The molecule has 0 bridgehead atoms. The summed E-state index contributed by atoms with van der Waals surface area (Å²) in [6, 6.07) is 10.7. The van der Waals surface area contributed by atoms with E-state index in [1.807, 2.05) is 0 Å². The highest BCUT2D eigenvalue weighted by Gasteiger charge is 2.18. The Morgan fingerprint density at radius 2 is 1.96 bits per heavy atom. The van der Waals surface area contributed by atoms with Crippen LogP contribution in [0.1, 0.15) is 34.3 Å². The molecular formula is C18H18FNO4. The molecule has 1 amide bonds. The number of rotatable bonds is 6. The van der Waals surface area contributed by atoms with Crippen LogP contribution in [0.5, 0.6) is 5.75 Å². The quantitative estimate of drug-likeness (QED) is 0.853. The second kappa shape index (κ2) is 7.59. The van der Waals surface area contributed by atoms with Gasteiger partial charge in [-0.25, -0.2) is 9.18 Å². The topological polar surface area (TPSA) is 75.6 Å². The zero-order valence-electron chi connectivity index (χ0n) is 13.4. The van der Waals surface area contributed by atoms with Crippen molar-refractivity contribution in [3.8, 4) is 5.75 Å². The fraction of sp³-hybridized carbons (Fsp3) is 0.222. The van der Waals surface area contributed by atoms with Gasteiger partial charge in [-0.15, -0.1) is 0 Å². The third-order valence-corrected chi connectivity index (χ3v) is 3.73. The number of hydrogen-bond acceptors (Lipinski definition) is 3. The summed E-state index contributed by atoms with van der Waals surface area (Å²) in [6.07, 6.45) is 0. The Balaban J connectivity index is 2.06. The molecular weight excluding hydrogens is 313 g/mol. The van der Waals surface area contributed by atoms with Gasteiger partial charge in [0.25, 0.3) is 0 Å². The lowest BCUT2D eigenvalue weighted by Gasteiger charge is -2.14. The predicted octanol–water partition coefficient (Wildman–Crippen LogP) is 2.95. The molecule has 2 N–H and O–H groups in total. The normalized spacial score (nSPS) is 11.6. The first-order valence-corrected chi connectivity index (χ1v) is 7.36. The second-order valence-corrected chi connectivity index (χ2v) is 5.30. The highest BCUT2D eigenvalue weighted by atomic mass is 19.1. The Hall–Kier alpha value is -2.89. The molecule has 5 nitrogen and oxygen atoms in total. The van der Waals surface area contributed by atoms with Gasteiger partial charge in [-0.05, 0) is 36.2 Å². The first-order chi connectivity index (χ1) is 11.4. The minimum atomic E-state index is -1.09. The zero-order valence-corrected chi connectivity index (χ0v) is 13.4. The summed E-state index contributed by atoms with van der Waals surface area (Å²) < 4.78 is 18.8. The average Bonchev–Trinajstić information content (AvgIpc) is 2.59. The number of amides is 1. The van der Waals surface area contributed by atoms with Crippen LogP contribution in [0.25, 0.3) is 0 Å². The molecule has 0 aliphatic carbocycles. The number of ether oxygens (including phenoxy) is 1. The number of carboxylic acid groups (broad SMARTS) is 1. The second-order valence-electron chi connectivity index (χ2n) is 5.30. The van der Waals surface area contributed by atoms with E-state index in [2.05, 4.69) is 5.32 Å². The molecule has 0 aliphatic heterocycles. The summed E-state index contributed by atoms with van der Waals surface area (Å²) in [5.41, 5.74) is 1.06. The van der Waals surface area contributed by atoms with Crippen molar-refractivity contribution in [3.63, 3.8) is 0 Å². The van der Waals surface area contributed by atoms with Crippen LogP contribution in [0, 0.1) is 5.82 Å². The van der Waals surface area contributed by atoms with Gasteiger partial charge in [0.05, 0.1) is 13.0 Å². The molecule has 0 heterocycles. The van der Waals surface area contributed by atoms with E-state index in [0.29, 0.717) is 11.1 Å². The van der Waals surface area contributed by atoms with Gasteiger partial charge in [-0.3, -0.25) is 4.79 Å². The molecule has 0 saturated carbocycles. The predicted molar refractivity (Wildman–Crippen MR) is 86.6 cm³/mol. The van der Waals surface area contributed by atoms with Crippen LogP contribution >= 0.6 is 0 Å². The summed E-state index contributed by atoms with van der Waals surface area (Å²) in [5, 5.41) is 11.8. The van der Waals surface area contributed by atoms with Crippen LogP contribution in [0.3, 0.4) is 0 Å². The maximum Gasteiger partial charge on any atom is 0.339 e. The van der Waals surface area contributed by atoms with Crippen molar-refractivity contribution in [1.29, 1.82) is 0 Å². The van der Waals surface area contributed by atoms with E-state index in [-0.39, 0.29) is 23.8 Å². The minimum Gasteiger partial charge on any atom is -0.496 e. The van der Waals surface area contributed by atoms with Crippen LogP contribution in [0.2, 0.25) is 0 Å². The lowest BCUT2D eigenvalue weighted by Crippen LogP contribution is -2.28. The first-order valence-electron chi connectivity index (χ1n) is 7.36. The summed E-state index contributed by atoms with van der Waals surface area (Å²) in [5.74, 6) is -2.24. The molecule has 1 atom stereocenters. The molecule has 0 aromatic heterocycles. The van der Waals surface area contributed by atoms with E-state index in [9.17, 15) is 14.0 Å². The van der Waals surface area contributed by atoms with Gasteiger partial charge in [0.1, 0.15) is 17.1 Å². The van der Waals surface area contributed by atoms with Gasteiger partial charge in [0.15, 0.2) is 0 Å². The number of methoxy groups -OCH3 is 1. The molecule has 126 valence electrons. The first kappa shape index (κ1) is 17.5. The van der Waals surface area contributed by atoms with Crippen LogP contribution in [-0.2, 0) is 11.3 Å². The van der Waals surface area contributed by atoms with E-state index in [1.165, 1.54) is 19.2 Å². The van der Waals surface area contributed by atoms with Crippen LogP contribution in [-0.4, -0.2) is 24.1 Å². The maximum atomic E-state index is 13.7. The molecule has 1 unspecified atom stereocenters. The Bertz CT molecular complexity index is 760. The van der Waals surface area contributed by atoms with Crippen molar-refractivity contribution in [2.24, 2.45) is 0 Å². The summed E-state index contributed by atoms with van der Waals surface area (Å²) in [7, 11) is 1.38. The number of carboxylic acids is 1. The van der Waals surface area contributed by atoms with E-state index in [4.69, 9.17) is 9.84 Å². The lowest BCUT2D eigenvalue weighted by atomic mass is 9.99. The van der Waals surface area contributed by atoms with Crippen molar-refractivity contribution in [2.45, 2.75) is 19.4 Å². The zero-order chi connectivity index (χ0) is 17.7. The number of aromatic carboxylic acids is 1. The Kier molecular flexibility index (Phi) is 5.52. The Labute approximate surface area is 139 Å². The number of benzene rings is 2. The standard InChI is InChI=1S/C18H18FNO4/c1-11(13-5-3-4-6-15(13)19)17(21)20-10-12-7-8-14(18(22)23)16(9-12)24-2/h3-9,11H,10H2,1-2H3,(H,20,21)(H,22,23). The molecule has 0 spiro atoms. The number of carbonyl (C=O) groups is 2. The van der Waals surface area contributed by atoms with Crippen LogP contribution < -0.4 is 10.1 Å². The van der Waals surface area contributed by atoms with Crippen molar-refractivity contribution in [2.75, 3.05) is 7.11 Å². The van der Waals surface area contributed by atoms with E-state index in [0.717, 1.165) is 0 Å². The third kappa shape index (κ3) is 3.90. The smallest absolute Gasteiger partial charge is 0.339 e. The van der Waals surface area contributed by atoms with Gasteiger partial charge in [-0.2, -0.15) is 0 Å². The summed E-state index contributed by atoms with van der Waals surface area (Å²) >= 11 is 0. The van der Waals surface area contributed by atoms with Crippen molar-refractivity contribution in [1.82, 2.24) is 5.32 Å². The maximum absolute atomic E-state index is 13.7. The van der Waals surface area contributed by atoms with Gasteiger partial charge in [-0.1, -0.05) is 24.3 Å². The molecule has 6 heteroatoms. The molecule has 0 saturated heterocycles. The fourth-order valence-electron chi connectivity index (χ4n) is 2.33. The molecule has 0 aliphatic rings. The van der Waals surface area contributed by atoms with Crippen LogP contribution in [0.15, 0.2) is 42.5 Å². The van der Waals surface area contributed by atoms with Crippen molar-refractivity contribution >= 4 is 11.9 Å². The van der Waals surface area contributed by atoms with Gasteiger partial charge < -0.3 is 15.2 Å². The lowest BCUT2D eigenvalue weighted by molar-refractivity contribution is -0.122. The van der Waals surface area contributed by atoms with E-state index >= 15 is 0 Å². The Morgan fingerprint density at radius 3 is 2.58 bits per heavy atom. The highest BCUT2D eigenvalue weighted by molar-refractivity contribution is 5.91. The molecule has 2 aromatic rings. The highest BCUT2D eigenvalue weighted by Crippen LogP contribution is 2.21. The van der Waals surface area contributed by atoms with Crippen molar-refractivity contribution < 1.29 is 23.8 Å². The molecule has 2 aromatic carbocycles. The average molecular weight is 331 g/mol. The third-order valence-electron chi connectivity index (χ3n) is 3.73.